The van der Waals surface area contributed by atoms with E-state index in [1.165, 1.54) is 4.90 Å². The number of hydrogen-bond donors (Lipinski definition) is 2. The van der Waals surface area contributed by atoms with Crippen molar-refractivity contribution in [2.45, 2.75) is 38.3 Å². The van der Waals surface area contributed by atoms with Gasteiger partial charge in [-0.3, -0.25) is 0 Å². The van der Waals surface area contributed by atoms with Gasteiger partial charge in [-0.25, -0.2) is 9.59 Å². The maximum Gasteiger partial charge on any atom is 0.326 e. The van der Waals surface area contributed by atoms with E-state index in [2.05, 4.69) is 5.32 Å². The predicted octanol–water partition coefficient (Wildman–Crippen LogP) is 2.40. The average molecular weight is 276 g/mol. The Morgan fingerprint density at radius 1 is 1.30 bits per heavy atom. The summed E-state index contributed by atoms with van der Waals surface area (Å²) in [6.45, 7) is 2.40. The third-order valence-electron chi connectivity index (χ3n) is 3.69. The Labute approximate surface area is 118 Å². The van der Waals surface area contributed by atoms with Crippen LogP contribution < -0.4 is 5.32 Å². The van der Waals surface area contributed by atoms with Gasteiger partial charge in [0.15, 0.2) is 0 Å². The Balaban J connectivity index is 2.01. The van der Waals surface area contributed by atoms with Gasteiger partial charge in [-0.15, -0.1) is 0 Å². The van der Waals surface area contributed by atoms with Gasteiger partial charge in [0.2, 0.25) is 0 Å². The van der Waals surface area contributed by atoms with Crippen LogP contribution in [-0.4, -0.2) is 34.6 Å². The lowest BCUT2D eigenvalue weighted by molar-refractivity contribution is -0.143. The largest absolute Gasteiger partial charge is 0.480 e. The topological polar surface area (TPSA) is 69.6 Å². The SMILES string of the molecule is C[C@@H](NC(=O)N1CCCC[C@H]1C(=O)O)c1ccccc1. The number of aliphatic carboxylic acids is 1. The molecule has 2 amide bonds. The van der Waals surface area contributed by atoms with E-state index in [0.29, 0.717) is 13.0 Å². The Morgan fingerprint density at radius 2 is 2.00 bits per heavy atom. The van der Waals surface area contributed by atoms with Gasteiger partial charge in [0.25, 0.3) is 0 Å². The lowest BCUT2D eigenvalue weighted by Crippen LogP contribution is -2.52. The number of nitrogens with one attached hydrogen (secondary N) is 1. The van der Waals surface area contributed by atoms with Crippen molar-refractivity contribution in [2.24, 2.45) is 0 Å². The number of carbonyl (C=O) groups excluding carboxylic acids is 1. The fraction of sp³-hybridized carbons (Fsp3) is 0.467. The van der Waals surface area contributed by atoms with Gasteiger partial charge in [0.05, 0.1) is 6.04 Å². The molecule has 2 N–H and O–H groups in total. The third-order valence-corrected chi connectivity index (χ3v) is 3.69. The number of benzene rings is 1. The molecular weight excluding hydrogens is 256 g/mol. The molecule has 0 saturated carbocycles. The first-order valence-corrected chi connectivity index (χ1v) is 6.94. The molecule has 0 radical (unpaired) electrons. The summed E-state index contributed by atoms with van der Waals surface area (Å²) in [4.78, 5) is 24.9. The first kappa shape index (κ1) is 14.4. The van der Waals surface area contributed by atoms with Gasteiger partial charge < -0.3 is 15.3 Å². The van der Waals surface area contributed by atoms with Crippen molar-refractivity contribution in [3.63, 3.8) is 0 Å². The Morgan fingerprint density at radius 3 is 2.65 bits per heavy atom. The highest BCUT2D eigenvalue weighted by Gasteiger charge is 2.32. The van der Waals surface area contributed by atoms with Crippen molar-refractivity contribution in [3.8, 4) is 0 Å². The molecule has 0 unspecified atom stereocenters. The van der Waals surface area contributed by atoms with Crippen molar-refractivity contribution >= 4 is 12.0 Å². The van der Waals surface area contributed by atoms with E-state index in [9.17, 15) is 14.7 Å². The van der Waals surface area contributed by atoms with Gasteiger partial charge in [-0.2, -0.15) is 0 Å². The van der Waals surface area contributed by atoms with Gasteiger partial charge in [-0.05, 0) is 31.7 Å². The van der Waals surface area contributed by atoms with Crippen molar-refractivity contribution < 1.29 is 14.7 Å². The lowest BCUT2D eigenvalue weighted by Gasteiger charge is -2.33. The zero-order valence-electron chi connectivity index (χ0n) is 11.6. The van der Waals surface area contributed by atoms with Crippen LogP contribution in [0.15, 0.2) is 30.3 Å². The molecule has 0 bridgehead atoms. The number of amides is 2. The van der Waals surface area contributed by atoms with E-state index in [1.807, 2.05) is 37.3 Å². The van der Waals surface area contributed by atoms with Crippen LogP contribution in [0.5, 0.6) is 0 Å². The first-order valence-electron chi connectivity index (χ1n) is 6.94. The molecule has 5 heteroatoms. The van der Waals surface area contributed by atoms with E-state index < -0.39 is 12.0 Å². The number of likely N-dealkylation sites (tertiary alicyclic amines) is 1. The molecule has 2 atom stereocenters. The minimum atomic E-state index is -0.924. The molecule has 1 aliphatic heterocycles. The van der Waals surface area contributed by atoms with Gasteiger partial charge >= 0.3 is 12.0 Å². The number of piperidine rings is 1. The van der Waals surface area contributed by atoms with Crippen LogP contribution in [0.25, 0.3) is 0 Å². The zero-order chi connectivity index (χ0) is 14.5. The molecule has 1 aliphatic rings. The maximum atomic E-state index is 12.2. The highest BCUT2D eigenvalue weighted by atomic mass is 16.4. The first-order chi connectivity index (χ1) is 9.59. The summed E-state index contributed by atoms with van der Waals surface area (Å²) in [5, 5.41) is 12.1. The highest BCUT2D eigenvalue weighted by molar-refractivity contribution is 5.83. The molecule has 0 aliphatic carbocycles. The molecule has 20 heavy (non-hydrogen) atoms. The van der Waals surface area contributed by atoms with Gasteiger partial charge in [0, 0.05) is 6.54 Å². The number of urea groups is 1. The normalized spacial score (nSPS) is 20.2. The highest BCUT2D eigenvalue weighted by Crippen LogP contribution is 2.19. The fourth-order valence-corrected chi connectivity index (χ4v) is 2.52. The van der Waals surface area contributed by atoms with Crippen molar-refractivity contribution in [1.82, 2.24) is 10.2 Å². The summed E-state index contributed by atoms with van der Waals surface area (Å²) in [6, 6.07) is 8.49. The number of nitrogens with zero attached hydrogens (tertiary/aromatic N) is 1. The third kappa shape index (κ3) is 3.29. The minimum Gasteiger partial charge on any atom is -0.480 e. The van der Waals surface area contributed by atoms with E-state index in [-0.39, 0.29) is 12.1 Å². The molecule has 2 rings (SSSR count). The lowest BCUT2D eigenvalue weighted by atomic mass is 10.0. The molecule has 1 fully saturated rings. The molecule has 0 aromatic heterocycles. The van der Waals surface area contributed by atoms with Crippen molar-refractivity contribution in [1.29, 1.82) is 0 Å². The fourth-order valence-electron chi connectivity index (χ4n) is 2.52. The average Bonchev–Trinajstić information content (AvgIpc) is 2.48. The smallest absolute Gasteiger partial charge is 0.326 e. The Kier molecular flexibility index (Phi) is 4.61. The number of carboxylic acids is 1. The number of hydrogen-bond acceptors (Lipinski definition) is 2. The molecule has 1 aromatic rings. The summed E-state index contributed by atoms with van der Waals surface area (Å²) in [7, 11) is 0. The van der Waals surface area contributed by atoms with Gasteiger partial charge in [-0.1, -0.05) is 30.3 Å². The van der Waals surface area contributed by atoms with Crippen LogP contribution in [0, 0.1) is 0 Å². The second kappa shape index (κ2) is 6.41. The quantitative estimate of drug-likeness (QED) is 0.890. The number of carbonyl (C=O) groups is 2. The molecule has 5 nitrogen and oxygen atoms in total. The van der Waals surface area contributed by atoms with Crippen LogP contribution >= 0.6 is 0 Å². The maximum absolute atomic E-state index is 12.2. The second-order valence-electron chi connectivity index (χ2n) is 5.13. The molecule has 1 saturated heterocycles. The summed E-state index contributed by atoms with van der Waals surface area (Å²) < 4.78 is 0. The molecule has 108 valence electrons. The summed E-state index contributed by atoms with van der Waals surface area (Å²) in [5.41, 5.74) is 1.00. The van der Waals surface area contributed by atoms with Gasteiger partial charge in [0.1, 0.15) is 6.04 Å². The minimum absolute atomic E-state index is 0.139. The van der Waals surface area contributed by atoms with Crippen LogP contribution in [0.1, 0.15) is 37.8 Å². The number of rotatable bonds is 3. The predicted molar refractivity (Wildman–Crippen MR) is 75.4 cm³/mol. The van der Waals surface area contributed by atoms with Crippen molar-refractivity contribution in [3.05, 3.63) is 35.9 Å². The Bertz CT molecular complexity index is 475. The standard InChI is InChI=1S/C15H20N2O3/c1-11(12-7-3-2-4-8-12)16-15(20)17-10-6-5-9-13(17)14(18)19/h2-4,7-8,11,13H,5-6,9-10H2,1H3,(H,16,20)(H,18,19)/t11-,13+/m1/s1. The zero-order valence-corrected chi connectivity index (χ0v) is 11.6. The summed E-state index contributed by atoms with van der Waals surface area (Å²) in [5.74, 6) is -0.924. The Hall–Kier alpha value is -2.04. The number of carboxylic acid groups (broad SMARTS) is 1. The molecule has 1 heterocycles. The molecular formula is C15H20N2O3. The van der Waals surface area contributed by atoms with E-state index in [4.69, 9.17) is 0 Å². The second-order valence-corrected chi connectivity index (χ2v) is 5.13. The summed E-state index contributed by atoms with van der Waals surface area (Å²) in [6.07, 6.45) is 2.24. The summed E-state index contributed by atoms with van der Waals surface area (Å²) >= 11 is 0. The van der Waals surface area contributed by atoms with E-state index in [1.54, 1.807) is 0 Å². The van der Waals surface area contributed by atoms with E-state index in [0.717, 1.165) is 18.4 Å². The molecule has 1 aromatic carbocycles. The van der Waals surface area contributed by atoms with Crippen LogP contribution in [-0.2, 0) is 4.79 Å². The monoisotopic (exact) mass is 276 g/mol. The van der Waals surface area contributed by atoms with Crippen LogP contribution in [0.4, 0.5) is 4.79 Å². The molecule has 0 spiro atoms. The van der Waals surface area contributed by atoms with Crippen LogP contribution in [0.2, 0.25) is 0 Å². The van der Waals surface area contributed by atoms with E-state index >= 15 is 0 Å². The van der Waals surface area contributed by atoms with Crippen LogP contribution in [0.3, 0.4) is 0 Å². The van der Waals surface area contributed by atoms with Crippen molar-refractivity contribution in [2.75, 3.05) is 6.54 Å².